The first-order chi connectivity index (χ1) is 5.36. The zero-order chi connectivity index (χ0) is 7.68. The van der Waals surface area contributed by atoms with Crippen LogP contribution in [0.25, 0.3) is 11.4 Å². The topological polar surface area (TPSA) is 41.6 Å². The molecule has 5 heteroatoms. The van der Waals surface area contributed by atoms with E-state index in [0.29, 0.717) is 5.82 Å². The summed E-state index contributed by atoms with van der Waals surface area (Å²) < 4.78 is 0.754. The van der Waals surface area contributed by atoms with E-state index in [0.717, 1.165) is 9.90 Å². The van der Waals surface area contributed by atoms with Gasteiger partial charge in [0.05, 0.1) is 4.34 Å². The molecular weight excluding hydrogens is 182 g/mol. The van der Waals surface area contributed by atoms with Crippen LogP contribution in [-0.2, 0) is 0 Å². The Kier molecular flexibility index (Phi) is 1.63. The van der Waals surface area contributed by atoms with Crippen molar-refractivity contribution in [3.63, 3.8) is 0 Å². The highest BCUT2D eigenvalue weighted by Crippen LogP contribution is 2.25. The summed E-state index contributed by atoms with van der Waals surface area (Å²) in [6.07, 6.45) is 1.54. The Morgan fingerprint density at radius 3 is 3.00 bits per heavy atom. The van der Waals surface area contributed by atoms with Crippen LogP contribution in [0.1, 0.15) is 0 Å². The molecule has 11 heavy (non-hydrogen) atoms. The van der Waals surface area contributed by atoms with Crippen molar-refractivity contribution in [3.8, 4) is 11.4 Å². The molecule has 2 aromatic rings. The van der Waals surface area contributed by atoms with E-state index in [9.17, 15) is 0 Å². The molecule has 0 amide bonds. The molecule has 2 heterocycles. The van der Waals surface area contributed by atoms with Crippen molar-refractivity contribution in [2.75, 3.05) is 0 Å². The van der Waals surface area contributed by atoms with Crippen molar-refractivity contribution in [2.45, 2.75) is 0 Å². The fourth-order valence-electron chi connectivity index (χ4n) is 0.775. The van der Waals surface area contributed by atoms with Gasteiger partial charge in [0, 0.05) is 10.9 Å². The van der Waals surface area contributed by atoms with Crippen molar-refractivity contribution in [1.29, 1.82) is 0 Å². The van der Waals surface area contributed by atoms with Crippen LogP contribution in [0.5, 0.6) is 0 Å². The first-order valence-corrected chi connectivity index (χ1v) is 4.22. The van der Waals surface area contributed by atoms with Crippen LogP contribution < -0.4 is 0 Å². The molecule has 2 aromatic heterocycles. The number of nitrogens with one attached hydrogen (secondary N) is 1. The molecule has 2 rings (SSSR count). The maximum absolute atomic E-state index is 5.73. The molecule has 0 unspecified atom stereocenters. The second-order valence-electron chi connectivity index (χ2n) is 1.96. The Hall–Kier alpha value is -0.870. The molecule has 0 fully saturated rings. The van der Waals surface area contributed by atoms with Gasteiger partial charge in [0.15, 0.2) is 5.82 Å². The Morgan fingerprint density at radius 1 is 1.55 bits per heavy atom. The van der Waals surface area contributed by atoms with Gasteiger partial charge in [-0.3, -0.25) is 5.10 Å². The molecule has 0 bridgehead atoms. The van der Waals surface area contributed by atoms with E-state index in [-0.39, 0.29) is 0 Å². The fraction of sp³-hybridized carbons (Fsp3) is 0. The van der Waals surface area contributed by atoms with Crippen molar-refractivity contribution in [1.82, 2.24) is 15.2 Å². The number of nitrogens with zero attached hydrogens (tertiary/aromatic N) is 2. The molecule has 0 radical (unpaired) electrons. The molecule has 0 atom stereocenters. The molecule has 0 aliphatic heterocycles. The first kappa shape index (κ1) is 6.82. The van der Waals surface area contributed by atoms with Crippen molar-refractivity contribution >= 4 is 22.9 Å². The average Bonchev–Trinajstić information content (AvgIpc) is 2.55. The highest BCUT2D eigenvalue weighted by molar-refractivity contribution is 7.14. The Balaban J connectivity index is 2.45. The summed E-state index contributed by atoms with van der Waals surface area (Å²) in [5, 5.41) is 8.47. The second kappa shape index (κ2) is 2.64. The normalized spacial score (nSPS) is 10.3. The number of halogens is 1. The smallest absolute Gasteiger partial charge is 0.181 e. The second-order valence-corrected chi connectivity index (χ2v) is 3.50. The van der Waals surface area contributed by atoms with Crippen molar-refractivity contribution in [2.24, 2.45) is 0 Å². The minimum atomic E-state index is 0.688. The number of aromatic nitrogens is 3. The SMILES string of the molecule is Clc1cc(-c2nc[nH]n2)cs1. The first-order valence-electron chi connectivity index (χ1n) is 2.96. The monoisotopic (exact) mass is 185 g/mol. The standard InChI is InChI=1S/C6H4ClN3S/c7-5-1-4(2-11-5)6-8-3-9-10-6/h1-3H,(H,8,9,10). The van der Waals surface area contributed by atoms with E-state index in [1.54, 1.807) is 6.33 Å². The third-order valence-electron chi connectivity index (χ3n) is 1.24. The molecule has 0 spiro atoms. The van der Waals surface area contributed by atoms with E-state index < -0.39 is 0 Å². The van der Waals surface area contributed by atoms with E-state index in [4.69, 9.17) is 11.6 Å². The minimum Gasteiger partial charge on any atom is -0.265 e. The quantitative estimate of drug-likeness (QED) is 0.740. The third kappa shape index (κ3) is 1.27. The van der Waals surface area contributed by atoms with Gasteiger partial charge in [-0.15, -0.1) is 11.3 Å². The van der Waals surface area contributed by atoms with Crippen LogP contribution >= 0.6 is 22.9 Å². The van der Waals surface area contributed by atoms with Crippen LogP contribution in [0.3, 0.4) is 0 Å². The average molecular weight is 186 g/mol. The third-order valence-corrected chi connectivity index (χ3v) is 2.33. The van der Waals surface area contributed by atoms with Gasteiger partial charge >= 0.3 is 0 Å². The largest absolute Gasteiger partial charge is 0.265 e. The van der Waals surface area contributed by atoms with Crippen LogP contribution in [0.4, 0.5) is 0 Å². The summed E-state index contributed by atoms with van der Waals surface area (Å²) >= 11 is 7.20. The number of rotatable bonds is 1. The lowest BCUT2D eigenvalue weighted by molar-refractivity contribution is 1.10. The minimum absolute atomic E-state index is 0.688. The summed E-state index contributed by atoms with van der Waals surface area (Å²) in [6.45, 7) is 0. The zero-order valence-electron chi connectivity index (χ0n) is 5.41. The lowest BCUT2D eigenvalue weighted by Crippen LogP contribution is -1.74. The van der Waals surface area contributed by atoms with Gasteiger partial charge in [-0.25, -0.2) is 4.98 Å². The molecule has 0 saturated carbocycles. The van der Waals surface area contributed by atoms with Gasteiger partial charge in [-0.1, -0.05) is 11.6 Å². The van der Waals surface area contributed by atoms with Gasteiger partial charge in [0.25, 0.3) is 0 Å². The van der Waals surface area contributed by atoms with Crippen LogP contribution in [0.2, 0.25) is 4.34 Å². The molecule has 0 aromatic carbocycles. The van der Waals surface area contributed by atoms with E-state index >= 15 is 0 Å². The molecule has 3 nitrogen and oxygen atoms in total. The number of hydrogen-bond acceptors (Lipinski definition) is 3. The van der Waals surface area contributed by atoms with Gasteiger partial charge in [-0.05, 0) is 6.07 Å². The number of thiophene rings is 1. The highest BCUT2D eigenvalue weighted by atomic mass is 35.5. The molecule has 0 saturated heterocycles. The predicted molar refractivity (Wildman–Crippen MR) is 44.7 cm³/mol. The maximum atomic E-state index is 5.73. The van der Waals surface area contributed by atoms with Gasteiger partial charge in [-0.2, -0.15) is 5.10 Å². The maximum Gasteiger partial charge on any atom is 0.181 e. The molecule has 0 aliphatic carbocycles. The summed E-state index contributed by atoms with van der Waals surface area (Å²) in [4.78, 5) is 3.98. The van der Waals surface area contributed by atoms with Crippen LogP contribution in [0, 0.1) is 0 Å². The fourth-order valence-corrected chi connectivity index (χ4v) is 1.63. The van der Waals surface area contributed by atoms with Gasteiger partial charge in [0.1, 0.15) is 6.33 Å². The van der Waals surface area contributed by atoms with E-state index in [1.807, 2.05) is 11.4 Å². The lowest BCUT2D eigenvalue weighted by atomic mass is 10.3. The summed E-state index contributed by atoms with van der Waals surface area (Å²) in [5.74, 6) is 0.688. The van der Waals surface area contributed by atoms with Crippen molar-refractivity contribution in [3.05, 3.63) is 22.1 Å². The lowest BCUT2D eigenvalue weighted by Gasteiger charge is -1.82. The van der Waals surface area contributed by atoms with Gasteiger partial charge < -0.3 is 0 Å². The van der Waals surface area contributed by atoms with Crippen molar-refractivity contribution < 1.29 is 0 Å². The Labute approximate surface area is 72.0 Å². The van der Waals surface area contributed by atoms with E-state index in [1.165, 1.54) is 11.3 Å². The molecule has 0 aliphatic rings. The van der Waals surface area contributed by atoms with Gasteiger partial charge in [0.2, 0.25) is 0 Å². The molecule has 1 N–H and O–H groups in total. The molecule has 56 valence electrons. The highest BCUT2D eigenvalue weighted by Gasteiger charge is 2.02. The van der Waals surface area contributed by atoms with Crippen LogP contribution in [-0.4, -0.2) is 15.2 Å². The molecular formula is C6H4ClN3S. The summed E-state index contributed by atoms with van der Waals surface area (Å²) in [6, 6.07) is 1.84. The number of H-pyrrole nitrogens is 1. The summed E-state index contributed by atoms with van der Waals surface area (Å²) in [5.41, 5.74) is 0.959. The Morgan fingerprint density at radius 2 is 2.45 bits per heavy atom. The number of aromatic amines is 1. The summed E-state index contributed by atoms with van der Waals surface area (Å²) in [7, 11) is 0. The predicted octanol–water partition coefficient (Wildman–Crippen LogP) is 2.19. The van der Waals surface area contributed by atoms with E-state index in [2.05, 4.69) is 15.2 Å². The Bertz CT molecular complexity index is 340. The number of hydrogen-bond donors (Lipinski definition) is 1. The van der Waals surface area contributed by atoms with Crippen LogP contribution in [0.15, 0.2) is 17.8 Å². The zero-order valence-corrected chi connectivity index (χ0v) is 6.99.